The molecule has 0 heterocycles. The number of amides is 1. The normalized spacial score (nSPS) is 14.0. The van der Waals surface area contributed by atoms with Crippen LogP contribution in [0.15, 0.2) is 60.7 Å². The summed E-state index contributed by atoms with van der Waals surface area (Å²) in [4.78, 5) is 25.4. The van der Waals surface area contributed by atoms with E-state index in [1.54, 1.807) is 29.6 Å². The van der Waals surface area contributed by atoms with E-state index in [0.717, 1.165) is 18.2 Å². The smallest absolute Gasteiger partial charge is 0.423 e. The number of rotatable bonds is 6. The number of hydrogen-bond acceptors (Lipinski definition) is 4. The molecule has 1 N–H and O–H groups in total. The lowest BCUT2D eigenvalue weighted by Gasteiger charge is -2.35. The Morgan fingerprint density at radius 3 is 2.06 bits per heavy atom. The molecule has 2 aromatic rings. The number of methoxy groups -OCH3 is 1. The predicted molar refractivity (Wildman–Crippen MR) is 111 cm³/mol. The number of ketones is 1. The van der Waals surface area contributed by atoms with Gasteiger partial charge >= 0.3 is 12.3 Å². The van der Waals surface area contributed by atoms with E-state index in [2.05, 4.69) is 0 Å². The van der Waals surface area contributed by atoms with Crippen molar-refractivity contribution in [1.29, 1.82) is 0 Å². The van der Waals surface area contributed by atoms with Crippen LogP contribution in [0.3, 0.4) is 0 Å². The van der Waals surface area contributed by atoms with E-state index in [-0.39, 0.29) is 0 Å². The molecule has 166 valence electrons. The Labute approximate surface area is 178 Å². The Morgan fingerprint density at radius 1 is 0.935 bits per heavy atom. The first-order valence-corrected chi connectivity index (χ1v) is 9.39. The van der Waals surface area contributed by atoms with Gasteiger partial charge in [-0.3, -0.25) is 10.1 Å². The highest BCUT2D eigenvalue weighted by atomic mass is 19.4. The van der Waals surface area contributed by atoms with Gasteiger partial charge in [0.1, 0.15) is 11.4 Å². The lowest BCUT2D eigenvalue weighted by atomic mass is 9.84. The molecule has 0 fully saturated rings. The van der Waals surface area contributed by atoms with Crippen molar-refractivity contribution in [3.05, 3.63) is 71.8 Å². The van der Waals surface area contributed by atoms with E-state index >= 15 is 0 Å². The zero-order valence-electron chi connectivity index (χ0n) is 17.6. The van der Waals surface area contributed by atoms with Gasteiger partial charge in [-0.15, -0.1) is 0 Å². The maximum absolute atomic E-state index is 14.4. The van der Waals surface area contributed by atoms with E-state index in [9.17, 15) is 22.8 Å². The third kappa shape index (κ3) is 5.65. The summed E-state index contributed by atoms with van der Waals surface area (Å²) in [6.45, 7) is 4.52. The van der Waals surface area contributed by atoms with Crippen LogP contribution in [0.5, 0.6) is 5.75 Å². The molecule has 0 radical (unpaired) electrons. The average Bonchev–Trinajstić information content (AvgIpc) is 2.68. The minimum absolute atomic E-state index is 0.379. The number of nitrogens with one attached hydrogen (secondary N) is 1. The summed E-state index contributed by atoms with van der Waals surface area (Å²) in [7, 11) is 1.41. The second kappa shape index (κ2) is 9.24. The van der Waals surface area contributed by atoms with Crippen molar-refractivity contribution in [2.24, 2.45) is 0 Å². The summed E-state index contributed by atoms with van der Waals surface area (Å²) in [6, 6.07) is 13.0. The van der Waals surface area contributed by atoms with Crippen LogP contribution >= 0.6 is 0 Å². The van der Waals surface area contributed by atoms with E-state index in [0.29, 0.717) is 11.3 Å². The first-order valence-electron chi connectivity index (χ1n) is 9.39. The molecule has 0 aliphatic rings. The molecule has 2 rings (SSSR count). The van der Waals surface area contributed by atoms with Gasteiger partial charge in [0.05, 0.1) is 7.11 Å². The summed E-state index contributed by atoms with van der Waals surface area (Å²) in [5.41, 5.74) is -4.44. The fourth-order valence-corrected chi connectivity index (χ4v) is 2.89. The third-order valence-corrected chi connectivity index (χ3v) is 4.24. The molecule has 0 bridgehead atoms. The molecule has 1 unspecified atom stereocenters. The van der Waals surface area contributed by atoms with Crippen LogP contribution in [0.4, 0.5) is 18.0 Å². The second-order valence-electron chi connectivity index (χ2n) is 7.68. The Hall–Kier alpha value is -3.29. The van der Waals surface area contributed by atoms with Crippen LogP contribution in [0, 0.1) is 0 Å². The molecule has 2 aromatic carbocycles. The SMILES string of the molecule is COc1ccccc1/C=C\C(=O)C(NC(=O)OC(C)(C)C)(c1ccccc1)C(F)(F)F. The van der Waals surface area contributed by atoms with Gasteiger partial charge in [0.15, 0.2) is 5.78 Å². The largest absolute Gasteiger partial charge is 0.496 e. The summed E-state index contributed by atoms with van der Waals surface area (Å²) in [5, 5.41) is 1.79. The molecular formula is C23H24F3NO4. The van der Waals surface area contributed by atoms with Crippen LogP contribution in [0.2, 0.25) is 0 Å². The first-order chi connectivity index (χ1) is 14.4. The average molecular weight is 435 g/mol. The number of carbonyl (C=O) groups excluding carboxylic acids is 2. The van der Waals surface area contributed by atoms with Crippen molar-refractivity contribution in [2.45, 2.75) is 38.1 Å². The van der Waals surface area contributed by atoms with Crippen LogP contribution in [-0.2, 0) is 15.1 Å². The molecule has 0 saturated heterocycles. The maximum atomic E-state index is 14.4. The van der Waals surface area contributed by atoms with Gasteiger partial charge in [0, 0.05) is 5.56 Å². The molecule has 0 aliphatic carbocycles. The van der Waals surface area contributed by atoms with E-state index in [1.165, 1.54) is 52.2 Å². The Balaban J connectivity index is 2.58. The monoisotopic (exact) mass is 435 g/mol. The van der Waals surface area contributed by atoms with Gasteiger partial charge in [0.2, 0.25) is 5.54 Å². The summed E-state index contributed by atoms with van der Waals surface area (Å²) in [5.74, 6) is -1.01. The van der Waals surface area contributed by atoms with Crippen LogP contribution in [0.1, 0.15) is 31.9 Å². The molecule has 31 heavy (non-hydrogen) atoms. The summed E-state index contributed by atoms with van der Waals surface area (Å²) >= 11 is 0. The number of ether oxygens (including phenoxy) is 2. The molecule has 0 spiro atoms. The molecule has 0 aliphatic heterocycles. The van der Waals surface area contributed by atoms with Gasteiger partial charge in [-0.1, -0.05) is 48.5 Å². The number of alkyl halides is 3. The lowest BCUT2D eigenvalue weighted by molar-refractivity contribution is -0.198. The number of para-hydroxylation sites is 1. The Bertz CT molecular complexity index is 949. The Morgan fingerprint density at radius 2 is 1.52 bits per heavy atom. The van der Waals surface area contributed by atoms with Crippen molar-refractivity contribution in [3.8, 4) is 5.75 Å². The number of halogens is 3. The van der Waals surface area contributed by atoms with Crippen molar-refractivity contribution < 1.29 is 32.2 Å². The molecule has 8 heteroatoms. The second-order valence-corrected chi connectivity index (χ2v) is 7.68. The van der Waals surface area contributed by atoms with Crippen LogP contribution in [0.25, 0.3) is 6.08 Å². The standard InChI is InChI=1S/C23H24F3NO4/c1-21(2,3)31-20(29)27-22(23(24,25)26,17-11-6-5-7-12-17)19(28)15-14-16-10-8-9-13-18(16)30-4/h5-15H,1-4H3,(H,27,29)/b15-14-. The predicted octanol–water partition coefficient (Wildman–Crippen LogP) is 5.26. The van der Waals surface area contributed by atoms with Crippen LogP contribution in [-0.4, -0.2) is 30.8 Å². The van der Waals surface area contributed by atoms with Crippen molar-refractivity contribution in [2.75, 3.05) is 7.11 Å². The highest BCUT2D eigenvalue weighted by molar-refractivity contribution is 6.04. The van der Waals surface area contributed by atoms with E-state index < -0.39 is 34.8 Å². The first kappa shape index (κ1) is 24.0. The molecule has 1 atom stereocenters. The minimum atomic E-state index is -5.16. The fraction of sp³-hybridized carbons (Fsp3) is 0.304. The van der Waals surface area contributed by atoms with Crippen molar-refractivity contribution >= 4 is 18.0 Å². The number of alkyl carbamates (subject to hydrolysis) is 1. The zero-order chi connectivity index (χ0) is 23.3. The van der Waals surface area contributed by atoms with Gasteiger partial charge in [-0.05, 0) is 44.6 Å². The third-order valence-electron chi connectivity index (χ3n) is 4.24. The summed E-state index contributed by atoms with van der Waals surface area (Å²) < 4.78 is 53.5. The molecule has 1 amide bonds. The van der Waals surface area contributed by atoms with Gasteiger partial charge in [0.25, 0.3) is 0 Å². The van der Waals surface area contributed by atoms with Gasteiger partial charge in [-0.2, -0.15) is 13.2 Å². The van der Waals surface area contributed by atoms with Crippen molar-refractivity contribution in [3.63, 3.8) is 0 Å². The zero-order valence-corrected chi connectivity index (χ0v) is 17.6. The Kier molecular flexibility index (Phi) is 7.15. The van der Waals surface area contributed by atoms with E-state index in [4.69, 9.17) is 9.47 Å². The quantitative estimate of drug-likeness (QED) is 0.629. The number of carbonyl (C=O) groups is 2. The molecule has 0 saturated carbocycles. The molecule has 5 nitrogen and oxygen atoms in total. The topological polar surface area (TPSA) is 64.6 Å². The fourth-order valence-electron chi connectivity index (χ4n) is 2.89. The summed E-state index contributed by atoms with van der Waals surface area (Å²) in [6.07, 6.45) is -4.54. The number of benzene rings is 2. The highest BCUT2D eigenvalue weighted by Crippen LogP contribution is 2.41. The van der Waals surface area contributed by atoms with E-state index in [1.807, 2.05) is 0 Å². The minimum Gasteiger partial charge on any atom is -0.496 e. The highest BCUT2D eigenvalue weighted by Gasteiger charge is 2.62. The molecular weight excluding hydrogens is 411 g/mol. The molecule has 0 aromatic heterocycles. The van der Waals surface area contributed by atoms with Crippen molar-refractivity contribution in [1.82, 2.24) is 5.32 Å². The van der Waals surface area contributed by atoms with Gasteiger partial charge in [-0.25, -0.2) is 4.79 Å². The lowest BCUT2D eigenvalue weighted by Crippen LogP contribution is -2.61. The van der Waals surface area contributed by atoms with Gasteiger partial charge < -0.3 is 9.47 Å². The maximum Gasteiger partial charge on any atom is 0.423 e. The van der Waals surface area contributed by atoms with Crippen LogP contribution < -0.4 is 10.1 Å². The number of hydrogen-bond donors (Lipinski definition) is 1.